The average Bonchev–Trinajstić information content (AvgIpc) is 2.77. The van der Waals surface area contributed by atoms with Crippen LogP contribution in [0.25, 0.3) is 10.9 Å². The molecule has 3 aromatic rings. The molecule has 0 radical (unpaired) electrons. The highest BCUT2D eigenvalue weighted by atomic mass is 79.9. The maximum atomic E-state index is 14.4. The molecule has 0 saturated carbocycles. The molecular formula is C16H11BrClFN4O. The summed E-state index contributed by atoms with van der Waals surface area (Å²) in [6, 6.07) is 5.71. The summed E-state index contributed by atoms with van der Waals surface area (Å²) >= 11 is 9.56. The normalized spacial score (nSPS) is 14.2. The van der Waals surface area contributed by atoms with Gasteiger partial charge >= 0.3 is 0 Å². The van der Waals surface area contributed by atoms with Gasteiger partial charge in [-0.3, -0.25) is 4.98 Å². The van der Waals surface area contributed by atoms with Gasteiger partial charge in [-0.25, -0.2) is 9.37 Å². The topological polar surface area (TPSA) is 51.1 Å². The van der Waals surface area contributed by atoms with Gasteiger partial charge in [0.1, 0.15) is 5.82 Å². The van der Waals surface area contributed by atoms with Gasteiger partial charge in [-0.15, -0.1) is 0 Å². The zero-order valence-electron chi connectivity index (χ0n) is 12.3. The van der Waals surface area contributed by atoms with Crippen LogP contribution in [0.4, 0.5) is 15.9 Å². The monoisotopic (exact) mass is 408 g/mol. The molecule has 5 nitrogen and oxygen atoms in total. The van der Waals surface area contributed by atoms with Gasteiger partial charge in [-0.05, 0) is 46.1 Å². The van der Waals surface area contributed by atoms with Crippen LogP contribution in [0.2, 0.25) is 5.28 Å². The number of hydrogen-bond donors (Lipinski definition) is 0. The number of benzene rings is 1. The molecule has 0 saturated heterocycles. The van der Waals surface area contributed by atoms with Crippen molar-refractivity contribution in [2.45, 2.75) is 6.42 Å². The van der Waals surface area contributed by atoms with Gasteiger partial charge in [0.05, 0.1) is 40.1 Å². The van der Waals surface area contributed by atoms with Gasteiger partial charge in [0, 0.05) is 6.54 Å². The van der Waals surface area contributed by atoms with Crippen LogP contribution < -0.4 is 9.64 Å². The lowest BCUT2D eigenvalue weighted by Crippen LogP contribution is -2.20. The quantitative estimate of drug-likeness (QED) is 0.554. The van der Waals surface area contributed by atoms with Gasteiger partial charge in [0.15, 0.2) is 11.6 Å². The third kappa shape index (κ3) is 2.57. The molecule has 0 atom stereocenters. The highest BCUT2D eigenvalue weighted by Gasteiger charge is 2.24. The summed E-state index contributed by atoms with van der Waals surface area (Å²) in [4.78, 5) is 14.1. The summed E-state index contributed by atoms with van der Waals surface area (Å²) in [5.41, 5.74) is 1.17. The fourth-order valence-corrected chi connectivity index (χ4v) is 3.43. The van der Waals surface area contributed by atoms with E-state index in [4.69, 9.17) is 16.3 Å². The summed E-state index contributed by atoms with van der Waals surface area (Å²) in [5.74, 6) is 0.628. The molecule has 0 N–H and O–H groups in total. The molecule has 1 aliphatic rings. The van der Waals surface area contributed by atoms with Gasteiger partial charge in [0.2, 0.25) is 5.28 Å². The highest BCUT2D eigenvalue weighted by Crippen LogP contribution is 2.42. The van der Waals surface area contributed by atoms with Crippen LogP contribution in [0.15, 0.2) is 35.1 Å². The molecule has 0 spiro atoms. The fourth-order valence-electron chi connectivity index (χ4n) is 2.78. The summed E-state index contributed by atoms with van der Waals surface area (Å²) in [7, 11) is 0. The number of halogens is 3. The number of fused-ring (bicyclic) bond motifs is 2. The fraction of sp³-hybridized carbons (Fsp3) is 0.188. The largest absolute Gasteiger partial charge is 0.490 e. The van der Waals surface area contributed by atoms with E-state index >= 15 is 0 Å². The van der Waals surface area contributed by atoms with Crippen LogP contribution in [0.5, 0.6) is 5.75 Å². The van der Waals surface area contributed by atoms with Crippen LogP contribution in [-0.2, 0) is 0 Å². The molecule has 0 aliphatic carbocycles. The maximum Gasteiger partial charge on any atom is 0.224 e. The number of rotatable bonds is 1. The highest BCUT2D eigenvalue weighted by molar-refractivity contribution is 9.10. The number of hydrogen-bond acceptors (Lipinski definition) is 5. The Bertz CT molecular complexity index is 939. The Morgan fingerprint density at radius 2 is 2.12 bits per heavy atom. The molecule has 24 heavy (non-hydrogen) atoms. The second-order valence-electron chi connectivity index (χ2n) is 5.27. The van der Waals surface area contributed by atoms with Crippen molar-refractivity contribution in [1.82, 2.24) is 15.0 Å². The summed E-state index contributed by atoms with van der Waals surface area (Å²) in [5, 5.41) is 0.342. The number of anilines is 2. The van der Waals surface area contributed by atoms with Crippen LogP contribution >= 0.6 is 27.5 Å². The van der Waals surface area contributed by atoms with Crippen LogP contribution in [-0.4, -0.2) is 28.1 Å². The minimum absolute atomic E-state index is 0.0478. The summed E-state index contributed by atoms with van der Waals surface area (Å²) in [6.45, 7) is 1.18. The van der Waals surface area contributed by atoms with E-state index < -0.39 is 5.82 Å². The summed E-state index contributed by atoms with van der Waals surface area (Å²) in [6.07, 6.45) is 3.39. The summed E-state index contributed by atoms with van der Waals surface area (Å²) < 4.78 is 21.1. The van der Waals surface area contributed by atoms with Crippen molar-refractivity contribution in [2.24, 2.45) is 0 Å². The van der Waals surface area contributed by atoms with Crippen molar-refractivity contribution in [2.75, 3.05) is 18.1 Å². The molecule has 122 valence electrons. The third-order valence-electron chi connectivity index (χ3n) is 3.78. The van der Waals surface area contributed by atoms with Crippen molar-refractivity contribution >= 4 is 49.9 Å². The zero-order chi connectivity index (χ0) is 16.7. The van der Waals surface area contributed by atoms with E-state index in [1.54, 1.807) is 0 Å². The Morgan fingerprint density at radius 3 is 3.00 bits per heavy atom. The lowest BCUT2D eigenvalue weighted by Gasteiger charge is -2.24. The second kappa shape index (κ2) is 6.14. The molecular weight excluding hydrogens is 399 g/mol. The minimum atomic E-state index is -0.485. The number of pyridine rings is 1. The first kappa shape index (κ1) is 15.5. The van der Waals surface area contributed by atoms with E-state index in [0.717, 1.165) is 22.8 Å². The molecule has 0 bridgehead atoms. The third-order valence-corrected chi connectivity index (χ3v) is 4.57. The van der Waals surface area contributed by atoms with Crippen LogP contribution in [0, 0.1) is 5.82 Å². The Labute approximate surface area is 150 Å². The number of ether oxygens (including phenoxy) is 1. The van der Waals surface area contributed by atoms with E-state index in [2.05, 4.69) is 30.9 Å². The molecule has 4 rings (SSSR count). The lowest BCUT2D eigenvalue weighted by atomic mass is 10.2. The van der Waals surface area contributed by atoms with Crippen LogP contribution in [0.3, 0.4) is 0 Å². The molecule has 0 amide bonds. The molecule has 0 fully saturated rings. The molecule has 8 heteroatoms. The van der Waals surface area contributed by atoms with Gasteiger partial charge in [-0.2, -0.15) is 4.98 Å². The maximum absolute atomic E-state index is 14.4. The Kier molecular flexibility index (Phi) is 3.97. The van der Waals surface area contributed by atoms with Crippen molar-refractivity contribution in [3.8, 4) is 5.75 Å². The Morgan fingerprint density at radius 1 is 1.25 bits per heavy atom. The van der Waals surface area contributed by atoms with E-state index in [1.807, 2.05) is 23.1 Å². The molecule has 3 heterocycles. The van der Waals surface area contributed by atoms with Crippen molar-refractivity contribution in [3.63, 3.8) is 0 Å². The standard InChI is InChI=1S/C16H11BrClFN4O/c17-9-3-1-4-12-14(9)24-6-2-5-23(12)15-13-10(19)7-20-8-11(13)21-16(18)22-15/h1,3-4,7-8H,2,5-6H2. The SMILES string of the molecule is Fc1cncc2nc(Cl)nc(N3CCCOc4c(Br)cccc43)c12. The number of aromatic nitrogens is 3. The average molecular weight is 410 g/mol. The molecule has 1 aliphatic heterocycles. The first-order chi connectivity index (χ1) is 11.6. The van der Waals surface area contributed by atoms with Crippen LogP contribution in [0.1, 0.15) is 6.42 Å². The van der Waals surface area contributed by atoms with Gasteiger partial charge < -0.3 is 9.64 Å². The second-order valence-corrected chi connectivity index (χ2v) is 6.47. The predicted molar refractivity (Wildman–Crippen MR) is 93.6 cm³/mol. The first-order valence-corrected chi connectivity index (χ1v) is 8.48. The number of para-hydroxylation sites is 1. The Balaban J connectivity index is 2.00. The number of nitrogens with zero attached hydrogens (tertiary/aromatic N) is 4. The molecule has 1 aromatic carbocycles. The van der Waals surface area contributed by atoms with E-state index in [0.29, 0.717) is 35.6 Å². The predicted octanol–water partition coefficient (Wildman–Crippen LogP) is 4.50. The van der Waals surface area contributed by atoms with E-state index in [-0.39, 0.29) is 5.28 Å². The zero-order valence-corrected chi connectivity index (χ0v) is 14.7. The van der Waals surface area contributed by atoms with Gasteiger partial charge in [0.25, 0.3) is 0 Å². The van der Waals surface area contributed by atoms with Crippen molar-refractivity contribution in [3.05, 3.63) is 46.2 Å². The first-order valence-electron chi connectivity index (χ1n) is 7.31. The van der Waals surface area contributed by atoms with Crippen molar-refractivity contribution < 1.29 is 9.13 Å². The lowest BCUT2D eigenvalue weighted by molar-refractivity contribution is 0.321. The molecule has 2 aromatic heterocycles. The smallest absolute Gasteiger partial charge is 0.224 e. The van der Waals surface area contributed by atoms with E-state index in [9.17, 15) is 4.39 Å². The minimum Gasteiger partial charge on any atom is -0.490 e. The molecule has 0 unspecified atom stereocenters. The van der Waals surface area contributed by atoms with Crippen molar-refractivity contribution in [1.29, 1.82) is 0 Å². The van der Waals surface area contributed by atoms with Gasteiger partial charge in [-0.1, -0.05) is 6.07 Å². The van der Waals surface area contributed by atoms with E-state index in [1.165, 1.54) is 6.20 Å². The Hall–Kier alpha value is -1.99.